The number of rotatable bonds is 6. The predicted molar refractivity (Wildman–Crippen MR) is 249 cm³/mol. The van der Waals surface area contributed by atoms with Crippen LogP contribution in [0.5, 0.6) is 0 Å². The standard InChI is InChI=1S/C56H41NSi/c1-38-20-30-46(31-21-38)58(47-32-22-39(2)23-33-47)55-19-10-9-16-49(55)50-18-11-17-48(56(50)58)42-24-28-45(29-25-42)57-53-34-26-43(40-12-5-3-6-13-40)36-51(53)52-37-44(27-35-54(52)57)41-14-7-4-8-15-41/h3-37H,1-2H3. The van der Waals surface area contributed by atoms with E-state index < -0.39 is 8.07 Å². The van der Waals surface area contributed by atoms with Gasteiger partial charge in [0.1, 0.15) is 0 Å². The van der Waals surface area contributed by atoms with Gasteiger partial charge in [0.15, 0.2) is 8.07 Å². The first-order valence-corrected chi connectivity index (χ1v) is 22.3. The summed E-state index contributed by atoms with van der Waals surface area (Å²) < 4.78 is 2.45. The SMILES string of the molecule is Cc1ccc([Si]2(c3ccc(C)cc3)c3ccccc3-c3cccc(-c4ccc(-n5c6ccc(-c7ccccc7)cc6c6cc(-c7ccccc7)ccc65)cc4)c32)cc1. The zero-order valence-corrected chi connectivity index (χ0v) is 33.7. The van der Waals surface area contributed by atoms with Crippen LogP contribution in [0.2, 0.25) is 0 Å². The lowest BCUT2D eigenvalue weighted by molar-refractivity contribution is 1.18. The van der Waals surface area contributed by atoms with Crippen molar-refractivity contribution >= 4 is 50.6 Å². The number of benzene rings is 9. The summed E-state index contributed by atoms with van der Waals surface area (Å²) in [6.07, 6.45) is 0. The van der Waals surface area contributed by atoms with Crippen molar-refractivity contribution in [1.29, 1.82) is 0 Å². The Morgan fingerprint density at radius 3 is 1.36 bits per heavy atom. The average molecular weight is 756 g/mol. The van der Waals surface area contributed by atoms with E-state index in [1.165, 1.54) is 98.2 Å². The summed E-state index contributed by atoms with van der Waals surface area (Å²) in [6, 6.07) is 79.7. The molecule has 58 heavy (non-hydrogen) atoms. The second kappa shape index (κ2) is 13.6. The Hall–Kier alpha value is -7.00. The van der Waals surface area contributed by atoms with Crippen molar-refractivity contribution in [2.24, 2.45) is 0 Å². The molecule has 11 rings (SSSR count). The number of nitrogens with zero attached hydrogens (tertiary/aromatic N) is 1. The van der Waals surface area contributed by atoms with E-state index in [4.69, 9.17) is 0 Å². The Labute approximate surface area is 341 Å². The lowest BCUT2D eigenvalue weighted by Crippen LogP contribution is -2.73. The number of hydrogen-bond donors (Lipinski definition) is 0. The van der Waals surface area contributed by atoms with Crippen LogP contribution in [0.4, 0.5) is 0 Å². The van der Waals surface area contributed by atoms with Crippen molar-refractivity contribution in [1.82, 2.24) is 4.57 Å². The molecule has 0 radical (unpaired) electrons. The lowest BCUT2D eigenvalue weighted by Gasteiger charge is -2.33. The van der Waals surface area contributed by atoms with Crippen molar-refractivity contribution in [3.8, 4) is 50.2 Å². The van der Waals surface area contributed by atoms with E-state index in [-0.39, 0.29) is 0 Å². The molecule has 10 aromatic rings. The normalized spacial score (nSPS) is 12.8. The molecule has 0 spiro atoms. The molecule has 0 atom stereocenters. The van der Waals surface area contributed by atoms with E-state index >= 15 is 0 Å². The van der Waals surface area contributed by atoms with Gasteiger partial charge < -0.3 is 4.57 Å². The monoisotopic (exact) mass is 755 g/mol. The van der Waals surface area contributed by atoms with Gasteiger partial charge in [0.2, 0.25) is 0 Å². The molecule has 0 aliphatic carbocycles. The smallest absolute Gasteiger partial charge is 0.181 e. The molecule has 0 fully saturated rings. The molecule has 2 heterocycles. The van der Waals surface area contributed by atoms with Crippen molar-refractivity contribution < 1.29 is 0 Å². The minimum absolute atomic E-state index is 1.15. The van der Waals surface area contributed by atoms with Gasteiger partial charge in [-0.2, -0.15) is 0 Å². The minimum atomic E-state index is -2.71. The molecule has 0 saturated heterocycles. The summed E-state index contributed by atoms with van der Waals surface area (Å²) in [7, 11) is -2.71. The van der Waals surface area contributed by atoms with Crippen molar-refractivity contribution in [3.63, 3.8) is 0 Å². The second-order valence-electron chi connectivity index (χ2n) is 15.8. The van der Waals surface area contributed by atoms with Gasteiger partial charge in [-0.1, -0.05) is 187 Å². The van der Waals surface area contributed by atoms with Crippen LogP contribution < -0.4 is 20.7 Å². The first-order chi connectivity index (χ1) is 28.6. The highest BCUT2D eigenvalue weighted by atomic mass is 28.3. The Kier molecular flexibility index (Phi) is 8.02. The molecule has 0 unspecified atom stereocenters. The van der Waals surface area contributed by atoms with Crippen LogP contribution in [0.3, 0.4) is 0 Å². The maximum Gasteiger partial charge on any atom is 0.181 e. The highest BCUT2D eigenvalue weighted by Gasteiger charge is 2.50. The van der Waals surface area contributed by atoms with Crippen LogP contribution in [-0.4, -0.2) is 12.6 Å². The Morgan fingerprint density at radius 2 is 0.810 bits per heavy atom. The van der Waals surface area contributed by atoms with Gasteiger partial charge in [-0.15, -0.1) is 0 Å². The van der Waals surface area contributed by atoms with Crippen LogP contribution in [0.1, 0.15) is 11.1 Å². The summed E-state index contributed by atoms with van der Waals surface area (Å²) in [5.74, 6) is 0. The minimum Gasteiger partial charge on any atom is -0.309 e. The van der Waals surface area contributed by atoms with Crippen LogP contribution in [-0.2, 0) is 0 Å². The molecule has 1 nitrogen and oxygen atoms in total. The summed E-state index contributed by atoms with van der Waals surface area (Å²) in [5, 5.41) is 8.30. The third kappa shape index (κ3) is 5.30. The third-order valence-corrected chi connectivity index (χ3v) is 17.4. The van der Waals surface area contributed by atoms with Crippen LogP contribution >= 0.6 is 0 Å². The lowest BCUT2D eigenvalue weighted by atomic mass is 9.99. The van der Waals surface area contributed by atoms with Gasteiger partial charge in [0, 0.05) is 16.5 Å². The van der Waals surface area contributed by atoms with Crippen LogP contribution in [0.25, 0.3) is 72.0 Å². The van der Waals surface area contributed by atoms with Crippen molar-refractivity contribution in [3.05, 3.63) is 223 Å². The summed E-state index contributed by atoms with van der Waals surface area (Å²) in [6.45, 7) is 4.38. The fourth-order valence-corrected chi connectivity index (χ4v) is 15.0. The fourth-order valence-electron chi connectivity index (χ4n) is 9.69. The molecule has 1 aliphatic rings. The Morgan fingerprint density at radius 1 is 0.345 bits per heavy atom. The summed E-state index contributed by atoms with van der Waals surface area (Å²) in [5.41, 5.74) is 16.3. The topological polar surface area (TPSA) is 4.93 Å². The molecule has 9 aromatic carbocycles. The summed E-state index contributed by atoms with van der Waals surface area (Å²) in [4.78, 5) is 0. The molecular weight excluding hydrogens is 715 g/mol. The Bertz CT molecular complexity index is 3000. The van der Waals surface area contributed by atoms with E-state index in [0.29, 0.717) is 0 Å². The number of aromatic nitrogens is 1. The van der Waals surface area contributed by atoms with Crippen LogP contribution in [0, 0.1) is 13.8 Å². The Balaban J connectivity index is 1.11. The first kappa shape index (κ1) is 34.3. The average Bonchev–Trinajstić information content (AvgIpc) is 3.78. The highest BCUT2D eigenvalue weighted by Crippen LogP contribution is 2.39. The number of aryl methyl sites for hydroxylation is 2. The van der Waals surface area contributed by atoms with E-state index in [0.717, 1.165) is 5.69 Å². The van der Waals surface area contributed by atoms with E-state index in [9.17, 15) is 0 Å². The molecule has 0 amide bonds. The first-order valence-electron chi connectivity index (χ1n) is 20.3. The van der Waals surface area contributed by atoms with E-state index in [1.807, 2.05) is 0 Å². The molecule has 0 saturated carbocycles. The van der Waals surface area contributed by atoms with Gasteiger partial charge >= 0.3 is 0 Å². The van der Waals surface area contributed by atoms with Crippen LogP contribution in [0.15, 0.2) is 212 Å². The van der Waals surface area contributed by atoms with Crippen molar-refractivity contribution in [2.45, 2.75) is 13.8 Å². The van der Waals surface area contributed by atoms with Gasteiger partial charge in [-0.05, 0) is 116 Å². The van der Waals surface area contributed by atoms with Crippen molar-refractivity contribution in [2.75, 3.05) is 0 Å². The molecule has 1 aliphatic heterocycles. The zero-order valence-electron chi connectivity index (χ0n) is 32.7. The quantitative estimate of drug-likeness (QED) is 0.149. The molecule has 0 N–H and O–H groups in total. The maximum absolute atomic E-state index is 2.71. The van der Waals surface area contributed by atoms with Gasteiger partial charge in [-0.25, -0.2) is 0 Å². The molecule has 274 valence electrons. The highest BCUT2D eigenvalue weighted by molar-refractivity contribution is 7.22. The fraction of sp³-hybridized carbons (Fsp3) is 0.0357. The number of hydrogen-bond acceptors (Lipinski definition) is 0. The van der Waals surface area contributed by atoms with E-state index in [1.54, 1.807) is 0 Å². The van der Waals surface area contributed by atoms with Gasteiger partial charge in [0.05, 0.1) is 11.0 Å². The molecule has 1 aromatic heterocycles. The zero-order chi connectivity index (χ0) is 38.8. The summed E-state index contributed by atoms with van der Waals surface area (Å²) >= 11 is 0. The van der Waals surface area contributed by atoms with E-state index in [2.05, 4.69) is 231 Å². The molecular formula is C56H41NSi. The third-order valence-electron chi connectivity index (χ3n) is 12.4. The van der Waals surface area contributed by atoms with Gasteiger partial charge in [0.25, 0.3) is 0 Å². The second-order valence-corrected chi connectivity index (χ2v) is 19.5. The maximum atomic E-state index is 2.45. The molecule has 0 bridgehead atoms. The predicted octanol–water partition coefficient (Wildman–Crippen LogP) is 11.8. The largest absolute Gasteiger partial charge is 0.309 e. The number of fused-ring (bicyclic) bond motifs is 6. The van der Waals surface area contributed by atoms with Gasteiger partial charge in [-0.3, -0.25) is 0 Å². The molecule has 2 heteroatoms.